The van der Waals surface area contributed by atoms with E-state index < -0.39 is 10.0 Å². The van der Waals surface area contributed by atoms with Gasteiger partial charge >= 0.3 is 0 Å². The second-order valence-electron chi connectivity index (χ2n) is 4.97. The van der Waals surface area contributed by atoms with Crippen molar-refractivity contribution in [3.8, 4) is 0 Å². The molecule has 0 saturated carbocycles. The third-order valence-corrected chi connectivity index (χ3v) is 5.20. The lowest BCUT2D eigenvalue weighted by atomic mass is 10.1. The van der Waals surface area contributed by atoms with Gasteiger partial charge in [0.15, 0.2) is 0 Å². The summed E-state index contributed by atoms with van der Waals surface area (Å²) < 4.78 is 32.0. The summed E-state index contributed by atoms with van der Waals surface area (Å²) in [6.45, 7) is 6.32. The molecule has 5 nitrogen and oxygen atoms in total. The van der Waals surface area contributed by atoms with Crippen molar-refractivity contribution in [3.63, 3.8) is 0 Å². The van der Waals surface area contributed by atoms with E-state index in [0.717, 1.165) is 11.3 Å². The summed E-state index contributed by atoms with van der Waals surface area (Å²) in [5, 5.41) is 4.66. The minimum atomic E-state index is -3.41. The minimum Gasteiger partial charge on any atom is -0.380 e. The zero-order valence-electron chi connectivity index (χ0n) is 12.3. The second kappa shape index (κ2) is 8.74. The van der Waals surface area contributed by atoms with E-state index >= 15 is 0 Å². The summed E-state index contributed by atoms with van der Waals surface area (Å²) in [4.78, 5) is 1.33. The Balaban J connectivity index is 2.33. The Kier molecular flexibility index (Phi) is 7.68. The molecular weight excluding hydrogens is 296 g/mol. The van der Waals surface area contributed by atoms with Gasteiger partial charge in [-0.1, -0.05) is 13.8 Å². The summed E-state index contributed by atoms with van der Waals surface area (Å²) in [5.74, 6) is 0.600. The highest BCUT2D eigenvalue weighted by atomic mass is 32.2. The minimum absolute atomic E-state index is 0.303. The molecule has 0 aliphatic carbocycles. The molecule has 0 spiro atoms. The summed E-state index contributed by atoms with van der Waals surface area (Å²) in [6.07, 6.45) is 0.991. The van der Waals surface area contributed by atoms with Gasteiger partial charge in [0.25, 0.3) is 0 Å². The first-order chi connectivity index (χ1) is 9.45. The Morgan fingerprint density at radius 1 is 1.35 bits per heavy atom. The Labute approximate surface area is 125 Å². The highest BCUT2D eigenvalue weighted by Gasteiger charge is 2.15. The van der Waals surface area contributed by atoms with E-state index in [-0.39, 0.29) is 0 Å². The molecule has 0 fully saturated rings. The molecule has 1 aromatic heterocycles. The Morgan fingerprint density at radius 2 is 2.10 bits per heavy atom. The van der Waals surface area contributed by atoms with Crippen molar-refractivity contribution in [2.24, 2.45) is 5.92 Å². The molecule has 1 aromatic rings. The number of ether oxygens (including phenoxy) is 1. The maximum atomic E-state index is 12.0. The van der Waals surface area contributed by atoms with E-state index in [1.165, 1.54) is 11.3 Å². The summed E-state index contributed by atoms with van der Waals surface area (Å²) in [5.41, 5.74) is 0. The van der Waals surface area contributed by atoms with Crippen LogP contribution in [0.3, 0.4) is 0 Å². The van der Waals surface area contributed by atoms with Crippen LogP contribution in [0, 0.1) is 5.92 Å². The van der Waals surface area contributed by atoms with Crippen LogP contribution in [0.1, 0.15) is 25.1 Å². The molecule has 0 atom stereocenters. The highest BCUT2D eigenvalue weighted by molar-refractivity contribution is 7.89. The van der Waals surface area contributed by atoms with Gasteiger partial charge in [-0.3, -0.25) is 0 Å². The fourth-order valence-electron chi connectivity index (χ4n) is 1.52. The maximum Gasteiger partial charge on any atom is 0.241 e. The van der Waals surface area contributed by atoms with E-state index in [1.54, 1.807) is 11.4 Å². The largest absolute Gasteiger partial charge is 0.380 e. The van der Waals surface area contributed by atoms with E-state index in [0.29, 0.717) is 37.1 Å². The highest BCUT2D eigenvalue weighted by Crippen LogP contribution is 2.18. The quantitative estimate of drug-likeness (QED) is 0.645. The predicted molar refractivity (Wildman–Crippen MR) is 82.5 cm³/mol. The fourth-order valence-corrected chi connectivity index (χ4v) is 3.82. The van der Waals surface area contributed by atoms with E-state index in [2.05, 4.69) is 23.9 Å². The van der Waals surface area contributed by atoms with Crippen molar-refractivity contribution in [2.45, 2.75) is 31.7 Å². The molecule has 0 unspecified atom stereocenters. The number of nitrogens with one attached hydrogen (secondary N) is 2. The molecule has 0 aliphatic heterocycles. The zero-order chi connectivity index (χ0) is 15.0. The molecule has 0 bridgehead atoms. The Morgan fingerprint density at radius 3 is 2.75 bits per heavy atom. The number of rotatable bonds is 10. The number of hydrogen-bond donors (Lipinski definition) is 2. The molecule has 1 heterocycles. The fraction of sp³-hybridized carbons (Fsp3) is 0.692. The molecule has 7 heteroatoms. The standard InChI is InChI=1S/C13H24N2O3S2/c1-11(2)4-6-18-7-5-15-20(16,17)13-8-12(9-14-3)19-10-13/h8,10-11,14-15H,4-7,9H2,1-3H3. The van der Waals surface area contributed by atoms with Crippen LogP contribution in [0.15, 0.2) is 16.3 Å². The Bertz CT molecular complexity index is 484. The molecule has 2 N–H and O–H groups in total. The van der Waals surface area contributed by atoms with Gasteiger partial charge in [0.2, 0.25) is 10.0 Å². The SMILES string of the molecule is CNCc1cc(S(=O)(=O)NCCOCCC(C)C)cs1. The van der Waals surface area contributed by atoms with Crippen molar-refractivity contribution >= 4 is 21.4 Å². The van der Waals surface area contributed by atoms with Gasteiger partial charge in [-0.25, -0.2) is 13.1 Å². The lowest BCUT2D eigenvalue weighted by molar-refractivity contribution is 0.128. The molecule has 0 aliphatic rings. The van der Waals surface area contributed by atoms with Crippen molar-refractivity contribution in [1.82, 2.24) is 10.0 Å². The molecular formula is C13H24N2O3S2. The van der Waals surface area contributed by atoms with Crippen molar-refractivity contribution in [2.75, 3.05) is 26.8 Å². The number of hydrogen-bond acceptors (Lipinski definition) is 5. The first-order valence-corrected chi connectivity index (χ1v) is 9.11. The average Bonchev–Trinajstić information content (AvgIpc) is 2.83. The Hall–Kier alpha value is -0.470. The van der Waals surface area contributed by atoms with Gasteiger partial charge < -0.3 is 10.1 Å². The predicted octanol–water partition coefficient (Wildman–Crippen LogP) is 1.81. The van der Waals surface area contributed by atoms with E-state index in [1.807, 2.05) is 7.05 Å². The van der Waals surface area contributed by atoms with Crippen LogP contribution < -0.4 is 10.0 Å². The number of thiophene rings is 1. The third-order valence-electron chi connectivity index (χ3n) is 2.67. The summed E-state index contributed by atoms with van der Waals surface area (Å²) >= 11 is 1.44. The molecule has 1 rings (SSSR count). The van der Waals surface area contributed by atoms with Crippen molar-refractivity contribution in [3.05, 3.63) is 16.3 Å². The van der Waals surface area contributed by atoms with Gasteiger partial charge in [-0.2, -0.15) is 0 Å². The van der Waals surface area contributed by atoms with Crippen LogP contribution in [0.4, 0.5) is 0 Å². The third kappa shape index (κ3) is 6.32. The van der Waals surface area contributed by atoms with Gasteiger partial charge in [-0.15, -0.1) is 11.3 Å². The van der Waals surface area contributed by atoms with Crippen LogP contribution in [0.5, 0.6) is 0 Å². The van der Waals surface area contributed by atoms with Crippen molar-refractivity contribution in [1.29, 1.82) is 0 Å². The lowest BCUT2D eigenvalue weighted by Gasteiger charge is -2.07. The summed E-state index contributed by atoms with van der Waals surface area (Å²) in [6, 6.07) is 1.70. The van der Waals surface area contributed by atoms with Crippen molar-refractivity contribution < 1.29 is 13.2 Å². The zero-order valence-corrected chi connectivity index (χ0v) is 13.9. The number of sulfonamides is 1. The van der Waals surface area contributed by atoms with E-state index in [9.17, 15) is 8.42 Å². The molecule has 116 valence electrons. The van der Waals surface area contributed by atoms with E-state index in [4.69, 9.17) is 4.74 Å². The van der Waals surface area contributed by atoms with Crippen LogP contribution in [0.2, 0.25) is 0 Å². The molecule has 0 amide bonds. The molecule has 0 radical (unpaired) electrons. The molecule has 0 saturated heterocycles. The molecule has 0 aromatic carbocycles. The van der Waals surface area contributed by atoms with Gasteiger partial charge in [0, 0.05) is 30.0 Å². The normalized spacial score (nSPS) is 12.2. The smallest absolute Gasteiger partial charge is 0.241 e. The molecule has 20 heavy (non-hydrogen) atoms. The van der Waals surface area contributed by atoms with Gasteiger partial charge in [-0.05, 0) is 25.5 Å². The maximum absolute atomic E-state index is 12.0. The van der Waals surface area contributed by atoms with Crippen LogP contribution in [0.25, 0.3) is 0 Å². The van der Waals surface area contributed by atoms with Crippen LogP contribution in [-0.4, -0.2) is 35.2 Å². The lowest BCUT2D eigenvalue weighted by Crippen LogP contribution is -2.27. The summed E-state index contributed by atoms with van der Waals surface area (Å²) in [7, 11) is -1.57. The first kappa shape index (κ1) is 17.6. The first-order valence-electron chi connectivity index (χ1n) is 6.75. The van der Waals surface area contributed by atoms with Gasteiger partial charge in [0.05, 0.1) is 11.5 Å². The second-order valence-corrected chi connectivity index (χ2v) is 7.73. The van der Waals surface area contributed by atoms with Crippen LogP contribution >= 0.6 is 11.3 Å². The van der Waals surface area contributed by atoms with Gasteiger partial charge in [0.1, 0.15) is 0 Å². The monoisotopic (exact) mass is 320 g/mol. The topological polar surface area (TPSA) is 67.4 Å². The average molecular weight is 320 g/mol. The van der Waals surface area contributed by atoms with Crippen LogP contribution in [-0.2, 0) is 21.3 Å².